The van der Waals surface area contributed by atoms with Crippen LogP contribution >= 0.6 is 11.8 Å². The van der Waals surface area contributed by atoms with E-state index in [1.807, 2.05) is 11.8 Å². The van der Waals surface area contributed by atoms with Gasteiger partial charge in [0.1, 0.15) is 0 Å². The molecule has 0 heterocycles. The van der Waals surface area contributed by atoms with Gasteiger partial charge in [-0.15, -0.1) is 0 Å². The van der Waals surface area contributed by atoms with E-state index in [1.54, 1.807) is 0 Å². The van der Waals surface area contributed by atoms with Gasteiger partial charge in [-0.25, -0.2) is 0 Å². The van der Waals surface area contributed by atoms with Gasteiger partial charge in [0.05, 0.1) is 0 Å². The highest BCUT2D eigenvalue weighted by Crippen LogP contribution is 2.37. The third kappa shape index (κ3) is 3.65. The van der Waals surface area contributed by atoms with Crippen molar-refractivity contribution in [2.45, 2.75) is 38.6 Å². The molecule has 0 aromatic rings. The summed E-state index contributed by atoms with van der Waals surface area (Å²) in [6, 6.07) is 0.670. The van der Waals surface area contributed by atoms with Gasteiger partial charge in [0.2, 0.25) is 0 Å². The van der Waals surface area contributed by atoms with Crippen molar-refractivity contribution < 1.29 is 0 Å². The second-order valence-electron chi connectivity index (χ2n) is 5.13. The molecule has 0 saturated heterocycles. The first-order valence-electron chi connectivity index (χ1n) is 6.03. The molecular formula is C12H26N2S. The summed E-state index contributed by atoms with van der Waals surface area (Å²) in [6.07, 6.45) is 7.60. The van der Waals surface area contributed by atoms with Gasteiger partial charge in [0, 0.05) is 18.3 Å². The van der Waals surface area contributed by atoms with Crippen molar-refractivity contribution in [1.29, 1.82) is 0 Å². The molecular weight excluding hydrogens is 204 g/mol. The molecule has 2 N–H and O–H groups in total. The number of thioether (sulfide) groups is 1. The number of rotatable bonds is 6. The highest BCUT2D eigenvalue weighted by Gasteiger charge is 2.34. The Kier molecular flexibility index (Phi) is 5.44. The van der Waals surface area contributed by atoms with E-state index < -0.39 is 0 Å². The first-order valence-corrected chi connectivity index (χ1v) is 7.42. The van der Waals surface area contributed by atoms with Crippen LogP contribution in [0.25, 0.3) is 0 Å². The molecule has 0 radical (unpaired) electrons. The molecule has 0 amide bonds. The van der Waals surface area contributed by atoms with Crippen LogP contribution in [0, 0.1) is 5.41 Å². The molecule has 0 aromatic carbocycles. The van der Waals surface area contributed by atoms with Gasteiger partial charge in [0.25, 0.3) is 0 Å². The van der Waals surface area contributed by atoms with Crippen molar-refractivity contribution in [1.82, 2.24) is 4.90 Å². The van der Waals surface area contributed by atoms with Crippen molar-refractivity contribution >= 4 is 11.8 Å². The molecule has 1 unspecified atom stereocenters. The molecule has 1 rings (SSSR count). The molecule has 3 heteroatoms. The van der Waals surface area contributed by atoms with E-state index in [1.165, 1.54) is 38.0 Å². The van der Waals surface area contributed by atoms with Crippen LogP contribution in [0.15, 0.2) is 0 Å². The molecule has 15 heavy (non-hydrogen) atoms. The van der Waals surface area contributed by atoms with Gasteiger partial charge in [-0.05, 0) is 45.0 Å². The second-order valence-corrected chi connectivity index (χ2v) is 6.04. The Morgan fingerprint density at radius 1 is 1.40 bits per heavy atom. The highest BCUT2D eigenvalue weighted by atomic mass is 32.2. The minimum atomic E-state index is 0.432. The summed E-state index contributed by atoms with van der Waals surface area (Å²) in [4.78, 5) is 2.49. The van der Waals surface area contributed by atoms with E-state index in [4.69, 9.17) is 5.73 Å². The number of nitrogens with two attached hydrogens (primary N) is 1. The first kappa shape index (κ1) is 13.3. The first-order chi connectivity index (χ1) is 7.13. The zero-order valence-corrected chi connectivity index (χ0v) is 11.3. The lowest BCUT2D eigenvalue weighted by molar-refractivity contribution is 0.159. The van der Waals surface area contributed by atoms with Crippen LogP contribution in [0.5, 0.6) is 0 Å². The molecule has 1 fully saturated rings. The van der Waals surface area contributed by atoms with Crippen molar-refractivity contribution in [3.05, 3.63) is 0 Å². The fraction of sp³-hybridized carbons (Fsp3) is 1.00. The van der Waals surface area contributed by atoms with E-state index in [9.17, 15) is 0 Å². The lowest BCUT2D eigenvalue weighted by atomic mass is 9.85. The van der Waals surface area contributed by atoms with Gasteiger partial charge >= 0.3 is 0 Å². The fourth-order valence-corrected chi connectivity index (χ4v) is 3.34. The predicted molar refractivity (Wildman–Crippen MR) is 70.4 cm³/mol. The van der Waals surface area contributed by atoms with Crippen LogP contribution < -0.4 is 5.73 Å². The maximum absolute atomic E-state index is 5.96. The Balaban J connectivity index is 2.43. The smallest absolute Gasteiger partial charge is 0.0155 e. The van der Waals surface area contributed by atoms with E-state index >= 15 is 0 Å². The lowest BCUT2D eigenvalue weighted by Gasteiger charge is -2.35. The van der Waals surface area contributed by atoms with Crippen LogP contribution in [0.2, 0.25) is 0 Å². The summed E-state index contributed by atoms with van der Waals surface area (Å²) < 4.78 is 0. The highest BCUT2D eigenvalue weighted by molar-refractivity contribution is 7.98. The predicted octanol–water partition coefficient (Wildman–Crippen LogP) is 2.19. The summed E-state index contributed by atoms with van der Waals surface area (Å²) in [6.45, 7) is 4.37. The number of hydrogen-bond donors (Lipinski definition) is 1. The van der Waals surface area contributed by atoms with Crippen LogP contribution in [-0.2, 0) is 0 Å². The van der Waals surface area contributed by atoms with Gasteiger partial charge < -0.3 is 10.6 Å². The minimum Gasteiger partial charge on any atom is -0.330 e. The second kappa shape index (κ2) is 6.12. The van der Waals surface area contributed by atoms with E-state index in [-0.39, 0.29) is 0 Å². The molecule has 0 spiro atoms. The van der Waals surface area contributed by atoms with Gasteiger partial charge in [-0.2, -0.15) is 11.8 Å². The lowest BCUT2D eigenvalue weighted by Crippen LogP contribution is -2.43. The van der Waals surface area contributed by atoms with E-state index in [2.05, 4.69) is 25.1 Å². The van der Waals surface area contributed by atoms with Crippen LogP contribution in [0.1, 0.15) is 32.6 Å². The summed E-state index contributed by atoms with van der Waals surface area (Å²) in [5.41, 5.74) is 6.39. The molecule has 2 nitrogen and oxygen atoms in total. The molecule has 0 aromatic heterocycles. The molecule has 0 aliphatic heterocycles. The Morgan fingerprint density at radius 3 is 2.47 bits per heavy atom. The summed E-state index contributed by atoms with van der Waals surface area (Å²) in [5.74, 6) is 1.22. The zero-order valence-electron chi connectivity index (χ0n) is 10.5. The molecule has 1 saturated carbocycles. The van der Waals surface area contributed by atoms with Crippen molar-refractivity contribution in [2.75, 3.05) is 32.1 Å². The SMILES string of the molecule is CSCC(C)N(C)CC1(CN)CCCC1. The van der Waals surface area contributed by atoms with E-state index in [0.29, 0.717) is 11.5 Å². The summed E-state index contributed by atoms with van der Waals surface area (Å²) in [5, 5.41) is 0. The third-order valence-electron chi connectivity index (χ3n) is 3.84. The molecule has 1 aliphatic rings. The van der Waals surface area contributed by atoms with Gasteiger partial charge in [-0.1, -0.05) is 12.8 Å². The Bertz CT molecular complexity index is 178. The summed E-state index contributed by atoms with van der Waals surface area (Å²) >= 11 is 1.93. The standard InChI is InChI=1S/C12H26N2S/c1-11(8-15-3)14(2)10-12(9-13)6-4-5-7-12/h11H,4-10,13H2,1-3H3. The Labute approximate surface area is 99.0 Å². The monoisotopic (exact) mass is 230 g/mol. The normalized spacial score (nSPS) is 22.2. The van der Waals surface area contributed by atoms with Crippen molar-refractivity contribution in [2.24, 2.45) is 11.1 Å². The van der Waals surface area contributed by atoms with Crippen LogP contribution in [0.4, 0.5) is 0 Å². The largest absolute Gasteiger partial charge is 0.330 e. The molecule has 1 atom stereocenters. The molecule has 1 aliphatic carbocycles. The maximum atomic E-state index is 5.96. The van der Waals surface area contributed by atoms with E-state index in [0.717, 1.165) is 6.54 Å². The van der Waals surface area contributed by atoms with Crippen molar-refractivity contribution in [3.8, 4) is 0 Å². The zero-order chi connectivity index (χ0) is 11.3. The molecule has 0 bridgehead atoms. The summed E-state index contributed by atoms with van der Waals surface area (Å²) in [7, 11) is 2.25. The average Bonchev–Trinajstić information content (AvgIpc) is 2.67. The Morgan fingerprint density at radius 2 is 2.00 bits per heavy atom. The number of nitrogens with zero attached hydrogens (tertiary/aromatic N) is 1. The topological polar surface area (TPSA) is 29.3 Å². The van der Waals surface area contributed by atoms with Gasteiger partial charge in [0.15, 0.2) is 0 Å². The van der Waals surface area contributed by atoms with Crippen LogP contribution in [-0.4, -0.2) is 43.1 Å². The Hall–Kier alpha value is 0.270. The third-order valence-corrected chi connectivity index (χ3v) is 4.66. The maximum Gasteiger partial charge on any atom is 0.0155 e. The van der Waals surface area contributed by atoms with Crippen molar-refractivity contribution in [3.63, 3.8) is 0 Å². The minimum absolute atomic E-state index is 0.432. The average molecular weight is 230 g/mol. The fourth-order valence-electron chi connectivity index (χ4n) is 2.61. The van der Waals surface area contributed by atoms with Gasteiger partial charge in [-0.3, -0.25) is 0 Å². The quantitative estimate of drug-likeness (QED) is 0.758. The molecule has 90 valence electrons. The number of hydrogen-bond acceptors (Lipinski definition) is 3. The van der Waals surface area contributed by atoms with Crippen LogP contribution in [0.3, 0.4) is 0 Å².